The fourth-order valence-corrected chi connectivity index (χ4v) is 11.3. The molecule has 0 aromatic carbocycles. The average molecular weight is 535 g/mol. The number of hydrogen-bond donors (Lipinski definition) is 0. The Labute approximate surface area is 227 Å². The van der Waals surface area contributed by atoms with E-state index in [1.165, 1.54) is 25.7 Å². The molecule has 6 rings (SSSR count). The fraction of sp³-hybridized carbons (Fsp3) is 1.00. The van der Waals surface area contributed by atoms with Crippen LogP contribution in [-0.2, 0) is 23.4 Å². The van der Waals surface area contributed by atoms with Crippen molar-refractivity contribution in [3.63, 3.8) is 0 Å². The highest BCUT2D eigenvalue weighted by Crippen LogP contribution is 2.69. The van der Waals surface area contributed by atoms with Crippen LogP contribution in [0.15, 0.2) is 0 Å². The van der Waals surface area contributed by atoms with Gasteiger partial charge in [-0.2, -0.15) is 0 Å². The molecule has 2 aliphatic heterocycles. The highest BCUT2D eigenvalue weighted by atomic mass is 28.4. The predicted molar refractivity (Wildman–Crippen MR) is 148 cm³/mol. The van der Waals surface area contributed by atoms with Crippen molar-refractivity contribution in [3.05, 3.63) is 0 Å². The van der Waals surface area contributed by atoms with Crippen molar-refractivity contribution >= 4 is 8.32 Å². The smallest absolute Gasteiger partial charge is 0.192 e. The summed E-state index contributed by atoms with van der Waals surface area (Å²) in [7, 11) is -1.84. The SMILES string of the molecule is CC1(C)O[C@@H]2C3C(CC[C@@]4(C)C3CC[C@@H]4O[Si](C)(C)C(C)(C)C)[C@@]3(C)C[C@H]4OC(C)(C)O[C@@H]4CC3[C@H]2O1. The summed E-state index contributed by atoms with van der Waals surface area (Å²) in [5, 5.41) is 0.234. The molecule has 6 heteroatoms. The van der Waals surface area contributed by atoms with Gasteiger partial charge in [0.2, 0.25) is 0 Å². The molecular formula is C31H54O5Si. The van der Waals surface area contributed by atoms with E-state index in [9.17, 15) is 0 Å². The van der Waals surface area contributed by atoms with E-state index in [4.69, 9.17) is 23.4 Å². The van der Waals surface area contributed by atoms with Crippen LogP contribution in [0.4, 0.5) is 0 Å². The minimum atomic E-state index is -1.84. The van der Waals surface area contributed by atoms with Crippen LogP contribution in [0, 0.1) is 34.5 Å². The third kappa shape index (κ3) is 4.00. The third-order valence-electron chi connectivity index (χ3n) is 12.5. The molecule has 0 radical (unpaired) electrons. The van der Waals surface area contributed by atoms with Gasteiger partial charge in [-0.15, -0.1) is 0 Å². The molecule has 5 nitrogen and oxygen atoms in total. The molecule has 0 spiro atoms. The molecule has 4 aliphatic carbocycles. The lowest BCUT2D eigenvalue weighted by atomic mass is 9.43. The van der Waals surface area contributed by atoms with E-state index in [1.807, 2.05) is 0 Å². The Morgan fingerprint density at radius 2 is 1.30 bits per heavy atom. The van der Waals surface area contributed by atoms with Crippen LogP contribution in [0.5, 0.6) is 0 Å². The van der Waals surface area contributed by atoms with Gasteiger partial charge in [-0.05, 0) is 119 Å². The number of fused-ring (bicyclic) bond motifs is 9. The highest BCUT2D eigenvalue weighted by Gasteiger charge is 2.70. The van der Waals surface area contributed by atoms with Gasteiger partial charge in [0.25, 0.3) is 0 Å². The normalized spacial score (nSPS) is 52.1. The maximum atomic E-state index is 7.21. The van der Waals surface area contributed by atoms with Gasteiger partial charge in [0.15, 0.2) is 19.9 Å². The molecule has 0 amide bonds. The zero-order valence-electron chi connectivity index (χ0n) is 25.5. The lowest BCUT2D eigenvalue weighted by Crippen LogP contribution is -2.65. The first-order chi connectivity index (χ1) is 16.9. The van der Waals surface area contributed by atoms with Gasteiger partial charge in [0.05, 0.1) is 30.5 Å². The maximum Gasteiger partial charge on any atom is 0.192 e. The first-order valence-corrected chi connectivity index (χ1v) is 18.2. The van der Waals surface area contributed by atoms with E-state index < -0.39 is 19.9 Å². The third-order valence-corrected chi connectivity index (χ3v) is 17.0. The molecule has 0 aromatic rings. The molecule has 6 fully saturated rings. The minimum absolute atomic E-state index is 0.136. The molecule has 0 N–H and O–H groups in total. The molecule has 212 valence electrons. The summed E-state index contributed by atoms with van der Waals surface area (Å²) in [6.07, 6.45) is 8.09. The summed E-state index contributed by atoms with van der Waals surface area (Å²) in [6, 6.07) is 0. The van der Waals surface area contributed by atoms with E-state index in [1.54, 1.807) is 0 Å². The first-order valence-electron chi connectivity index (χ1n) is 15.3. The first kappa shape index (κ1) is 27.2. The van der Waals surface area contributed by atoms with Gasteiger partial charge in [0.1, 0.15) is 0 Å². The number of ether oxygens (including phenoxy) is 4. The lowest BCUT2D eigenvalue weighted by molar-refractivity contribution is -0.198. The van der Waals surface area contributed by atoms with E-state index >= 15 is 0 Å². The minimum Gasteiger partial charge on any atom is -0.413 e. The van der Waals surface area contributed by atoms with Crippen LogP contribution in [0.2, 0.25) is 18.1 Å². The molecular weight excluding hydrogens is 480 g/mol. The second kappa shape index (κ2) is 8.06. The molecule has 37 heavy (non-hydrogen) atoms. The van der Waals surface area contributed by atoms with Crippen molar-refractivity contribution in [3.8, 4) is 0 Å². The molecule has 0 aromatic heterocycles. The Morgan fingerprint density at radius 3 is 1.97 bits per heavy atom. The van der Waals surface area contributed by atoms with Crippen molar-refractivity contribution < 1.29 is 23.4 Å². The van der Waals surface area contributed by atoms with Crippen molar-refractivity contribution in [2.75, 3.05) is 0 Å². The van der Waals surface area contributed by atoms with Crippen LogP contribution < -0.4 is 0 Å². The van der Waals surface area contributed by atoms with E-state index in [0.29, 0.717) is 29.8 Å². The van der Waals surface area contributed by atoms with E-state index in [2.05, 4.69) is 75.4 Å². The molecule has 0 bridgehead atoms. The molecule has 4 saturated carbocycles. The van der Waals surface area contributed by atoms with Crippen molar-refractivity contribution in [1.82, 2.24) is 0 Å². The van der Waals surface area contributed by atoms with Crippen LogP contribution in [-0.4, -0.2) is 50.4 Å². The summed E-state index contributed by atoms with van der Waals surface area (Å²) < 4.78 is 33.8. The summed E-state index contributed by atoms with van der Waals surface area (Å²) in [6.45, 7) is 25.5. The van der Waals surface area contributed by atoms with E-state index in [-0.39, 0.29) is 40.3 Å². The zero-order valence-corrected chi connectivity index (χ0v) is 26.5. The molecule has 2 heterocycles. The Morgan fingerprint density at radius 1 is 0.703 bits per heavy atom. The summed E-state index contributed by atoms with van der Waals surface area (Å²) in [4.78, 5) is 0. The van der Waals surface area contributed by atoms with Crippen molar-refractivity contribution in [2.24, 2.45) is 34.5 Å². The second-order valence-corrected chi connectivity index (χ2v) is 21.4. The fourth-order valence-electron chi connectivity index (χ4n) is 9.85. The highest BCUT2D eigenvalue weighted by molar-refractivity contribution is 6.74. The van der Waals surface area contributed by atoms with Crippen LogP contribution in [0.1, 0.15) is 101 Å². The average Bonchev–Trinajstić information content (AvgIpc) is 3.33. The largest absolute Gasteiger partial charge is 0.413 e. The van der Waals surface area contributed by atoms with Crippen LogP contribution in [0.3, 0.4) is 0 Å². The van der Waals surface area contributed by atoms with Gasteiger partial charge in [-0.3, -0.25) is 0 Å². The molecule has 4 unspecified atom stereocenters. The van der Waals surface area contributed by atoms with Crippen LogP contribution in [0.25, 0.3) is 0 Å². The number of hydrogen-bond acceptors (Lipinski definition) is 5. The second-order valence-electron chi connectivity index (χ2n) is 16.6. The molecule has 6 aliphatic rings. The van der Waals surface area contributed by atoms with Gasteiger partial charge >= 0.3 is 0 Å². The summed E-state index contributed by atoms with van der Waals surface area (Å²) in [5.74, 6) is 1.20. The van der Waals surface area contributed by atoms with Gasteiger partial charge in [-0.25, -0.2) is 0 Å². The Kier molecular flexibility index (Phi) is 5.93. The van der Waals surface area contributed by atoms with Crippen molar-refractivity contribution in [2.45, 2.75) is 161 Å². The van der Waals surface area contributed by atoms with Gasteiger partial charge in [0, 0.05) is 0 Å². The van der Waals surface area contributed by atoms with Crippen molar-refractivity contribution in [1.29, 1.82) is 0 Å². The van der Waals surface area contributed by atoms with E-state index in [0.717, 1.165) is 12.8 Å². The molecule has 11 atom stereocenters. The number of rotatable bonds is 2. The zero-order chi connectivity index (χ0) is 27.0. The maximum absolute atomic E-state index is 7.21. The van der Waals surface area contributed by atoms with Gasteiger partial charge in [-0.1, -0.05) is 34.6 Å². The Bertz CT molecular complexity index is 925. The Hall–Kier alpha value is 0.0169. The summed E-state index contributed by atoms with van der Waals surface area (Å²) >= 11 is 0. The summed E-state index contributed by atoms with van der Waals surface area (Å²) in [5.41, 5.74) is 0.396. The quantitative estimate of drug-likeness (QED) is 0.348. The van der Waals surface area contributed by atoms with Gasteiger partial charge < -0.3 is 23.4 Å². The standard InChI is InChI=1S/C31H54O5Si/c1-27(2,3)37(10,11)36-23-13-12-18-24-19(14-15-30(18,23)8)31(9)17-22-21(32-28(4,5)33-22)16-20(31)25-26(24)35-29(6,7)34-25/h18-26H,12-17H2,1-11H3/t18?,19?,20?,21-,22-,23+,24?,25-,26-,30+,31-/m1/s1. The predicted octanol–water partition coefficient (Wildman–Crippen LogP) is 7.29. The topological polar surface area (TPSA) is 46.2 Å². The molecule has 2 saturated heterocycles. The monoisotopic (exact) mass is 534 g/mol. The lowest BCUT2D eigenvalue weighted by Gasteiger charge is -2.63. The Balaban J connectivity index is 1.34. The van der Waals surface area contributed by atoms with Crippen LogP contribution >= 0.6 is 0 Å².